The van der Waals surface area contributed by atoms with Crippen LogP contribution in [0.5, 0.6) is 0 Å². The summed E-state index contributed by atoms with van der Waals surface area (Å²) in [5.74, 6) is -0.258. The molecule has 0 radical (unpaired) electrons. The van der Waals surface area contributed by atoms with Crippen molar-refractivity contribution < 1.29 is 4.39 Å². The number of benzene rings is 3. The molecule has 0 heterocycles. The van der Waals surface area contributed by atoms with Gasteiger partial charge in [0.15, 0.2) is 0 Å². The van der Waals surface area contributed by atoms with E-state index in [1.807, 2.05) is 42.5 Å². The molecule has 108 valence electrons. The second-order valence-electron chi connectivity index (χ2n) is 5.04. The lowest BCUT2D eigenvalue weighted by molar-refractivity contribution is 0.628. The molecule has 0 aliphatic carbocycles. The van der Waals surface area contributed by atoms with Gasteiger partial charge in [0.05, 0.1) is 0 Å². The lowest BCUT2D eigenvalue weighted by Crippen LogP contribution is -1.95. The van der Waals surface area contributed by atoms with Crippen molar-refractivity contribution in [1.29, 1.82) is 0 Å². The molecule has 0 aromatic heterocycles. The molecule has 3 nitrogen and oxygen atoms in total. The molecular formula is C18H14FN3. The van der Waals surface area contributed by atoms with E-state index in [4.69, 9.17) is 5.53 Å². The Kier molecular flexibility index (Phi) is 4.03. The van der Waals surface area contributed by atoms with Crippen molar-refractivity contribution in [1.82, 2.24) is 0 Å². The molecule has 3 rings (SSSR count). The number of rotatable bonds is 4. The Morgan fingerprint density at radius 1 is 1.00 bits per heavy atom. The highest BCUT2D eigenvalue weighted by atomic mass is 19.1. The maximum atomic E-state index is 13.6. The second kappa shape index (κ2) is 6.29. The van der Waals surface area contributed by atoms with Gasteiger partial charge >= 0.3 is 0 Å². The summed E-state index contributed by atoms with van der Waals surface area (Å²) in [6, 6.07) is 18.7. The van der Waals surface area contributed by atoms with E-state index in [2.05, 4.69) is 10.0 Å². The van der Waals surface area contributed by atoms with Crippen LogP contribution >= 0.6 is 0 Å². The molecule has 22 heavy (non-hydrogen) atoms. The third kappa shape index (κ3) is 2.78. The monoisotopic (exact) mass is 291 g/mol. The van der Waals surface area contributed by atoms with Gasteiger partial charge in [0.1, 0.15) is 5.82 Å². The lowest BCUT2D eigenvalue weighted by Gasteiger charge is -2.13. The number of halogens is 1. The maximum Gasteiger partial charge on any atom is 0.123 e. The Labute approximate surface area is 127 Å². The molecule has 0 spiro atoms. The van der Waals surface area contributed by atoms with Crippen molar-refractivity contribution in [3.63, 3.8) is 0 Å². The SMILES string of the molecule is [N-]=[N+]=NCCc1ccc2ccccc2c1-c1cccc(F)c1. The largest absolute Gasteiger partial charge is 0.207 e. The number of azide groups is 1. The summed E-state index contributed by atoms with van der Waals surface area (Å²) in [6.07, 6.45) is 0.626. The number of fused-ring (bicyclic) bond motifs is 1. The van der Waals surface area contributed by atoms with Crippen molar-refractivity contribution in [2.45, 2.75) is 6.42 Å². The fraction of sp³-hybridized carbons (Fsp3) is 0.111. The van der Waals surface area contributed by atoms with E-state index in [9.17, 15) is 4.39 Å². The average molecular weight is 291 g/mol. The molecule has 0 bridgehead atoms. The van der Waals surface area contributed by atoms with Gasteiger partial charge in [-0.25, -0.2) is 4.39 Å². The van der Waals surface area contributed by atoms with Gasteiger partial charge in [0.25, 0.3) is 0 Å². The first-order valence-electron chi connectivity index (χ1n) is 7.07. The lowest BCUT2D eigenvalue weighted by atomic mass is 9.92. The molecule has 0 atom stereocenters. The van der Waals surface area contributed by atoms with Gasteiger partial charge in [0.2, 0.25) is 0 Å². The number of hydrogen-bond acceptors (Lipinski definition) is 1. The van der Waals surface area contributed by atoms with Gasteiger partial charge in [-0.15, -0.1) is 0 Å². The smallest absolute Gasteiger partial charge is 0.123 e. The Morgan fingerprint density at radius 2 is 1.86 bits per heavy atom. The zero-order valence-electron chi connectivity index (χ0n) is 11.9. The number of hydrogen-bond donors (Lipinski definition) is 0. The molecule has 0 saturated carbocycles. The molecule has 0 aliphatic heterocycles. The van der Waals surface area contributed by atoms with Gasteiger partial charge in [-0.1, -0.05) is 53.6 Å². The van der Waals surface area contributed by atoms with Crippen LogP contribution in [0.25, 0.3) is 32.3 Å². The van der Waals surface area contributed by atoms with Crippen molar-refractivity contribution in [2.24, 2.45) is 5.11 Å². The van der Waals surface area contributed by atoms with Crippen LogP contribution in [0, 0.1) is 5.82 Å². The van der Waals surface area contributed by atoms with E-state index in [0.29, 0.717) is 13.0 Å². The van der Waals surface area contributed by atoms with Crippen molar-refractivity contribution in [3.05, 3.63) is 82.5 Å². The maximum absolute atomic E-state index is 13.6. The topological polar surface area (TPSA) is 48.8 Å². The second-order valence-corrected chi connectivity index (χ2v) is 5.04. The molecule has 0 amide bonds. The molecule has 0 N–H and O–H groups in total. The Balaban J connectivity index is 2.22. The van der Waals surface area contributed by atoms with Crippen molar-refractivity contribution >= 4 is 10.8 Å². The summed E-state index contributed by atoms with van der Waals surface area (Å²) in [5.41, 5.74) is 11.3. The predicted molar refractivity (Wildman–Crippen MR) is 87.1 cm³/mol. The molecule has 0 saturated heterocycles. The van der Waals surface area contributed by atoms with E-state index in [1.165, 1.54) is 6.07 Å². The molecule has 0 aliphatic rings. The van der Waals surface area contributed by atoms with Gasteiger partial charge in [0, 0.05) is 11.5 Å². The van der Waals surface area contributed by atoms with Gasteiger partial charge in [-0.2, -0.15) is 0 Å². The standard InChI is InChI=1S/C18H14FN3/c19-16-6-3-5-15(12-16)18-14(10-11-21-22-20)9-8-13-4-1-2-7-17(13)18/h1-9,12H,10-11H2. The average Bonchev–Trinajstić information content (AvgIpc) is 2.54. The summed E-state index contributed by atoms with van der Waals surface area (Å²) < 4.78 is 13.6. The third-order valence-electron chi connectivity index (χ3n) is 3.67. The van der Waals surface area contributed by atoms with Gasteiger partial charge in [-0.3, -0.25) is 0 Å². The van der Waals surface area contributed by atoms with Crippen LogP contribution in [0.2, 0.25) is 0 Å². The normalized spacial score (nSPS) is 10.4. The van der Waals surface area contributed by atoms with Crippen molar-refractivity contribution in [3.8, 4) is 11.1 Å². The molecule has 4 heteroatoms. The van der Waals surface area contributed by atoms with Crippen LogP contribution in [-0.4, -0.2) is 6.54 Å². The Bertz CT molecular complexity index is 867. The minimum Gasteiger partial charge on any atom is -0.207 e. The predicted octanol–water partition coefficient (Wildman–Crippen LogP) is 5.50. The van der Waals surface area contributed by atoms with E-state index >= 15 is 0 Å². The summed E-state index contributed by atoms with van der Waals surface area (Å²) in [4.78, 5) is 2.79. The van der Waals surface area contributed by atoms with E-state index in [0.717, 1.165) is 27.5 Å². The van der Waals surface area contributed by atoms with E-state index in [1.54, 1.807) is 12.1 Å². The molecule has 0 fully saturated rings. The highest BCUT2D eigenvalue weighted by Gasteiger charge is 2.10. The van der Waals surface area contributed by atoms with Crippen LogP contribution in [-0.2, 0) is 6.42 Å². The van der Waals surface area contributed by atoms with Crippen LogP contribution < -0.4 is 0 Å². The highest BCUT2D eigenvalue weighted by Crippen LogP contribution is 2.33. The Hall–Kier alpha value is -2.84. The van der Waals surface area contributed by atoms with E-state index in [-0.39, 0.29) is 5.82 Å². The van der Waals surface area contributed by atoms with Crippen LogP contribution in [0.3, 0.4) is 0 Å². The van der Waals surface area contributed by atoms with Crippen LogP contribution in [0.1, 0.15) is 5.56 Å². The summed E-state index contributed by atoms with van der Waals surface area (Å²) >= 11 is 0. The minimum absolute atomic E-state index is 0.258. The molecule has 3 aromatic carbocycles. The first-order valence-corrected chi connectivity index (χ1v) is 7.07. The van der Waals surface area contributed by atoms with Gasteiger partial charge in [-0.05, 0) is 51.5 Å². The first-order chi connectivity index (χ1) is 10.8. The summed E-state index contributed by atoms with van der Waals surface area (Å²) in [6.45, 7) is 0.386. The van der Waals surface area contributed by atoms with Gasteiger partial charge < -0.3 is 0 Å². The zero-order valence-corrected chi connectivity index (χ0v) is 11.9. The summed E-state index contributed by atoms with van der Waals surface area (Å²) in [5, 5.41) is 5.79. The van der Waals surface area contributed by atoms with Crippen molar-refractivity contribution in [2.75, 3.05) is 6.54 Å². The van der Waals surface area contributed by atoms with Crippen LogP contribution in [0.4, 0.5) is 4.39 Å². The number of nitrogens with zero attached hydrogens (tertiary/aromatic N) is 3. The fourth-order valence-electron chi connectivity index (χ4n) is 2.73. The first kappa shape index (κ1) is 14.1. The molecule has 3 aromatic rings. The minimum atomic E-state index is -0.258. The zero-order chi connectivity index (χ0) is 15.4. The van der Waals surface area contributed by atoms with E-state index < -0.39 is 0 Å². The third-order valence-corrected chi connectivity index (χ3v) is 3.67. The molecular weight excluding hydrogens is 277 g/mol. The molecule has 0 unspecified atom stereocenters. The highest BCUT2D eigenvalue weighted by molar-refractivity contribution is 5.98. The fourth-order valence-corrected chi connectivity index (χ4v) is 2.73. The van der Waals surface area contributed by atoms with Crippen LogP contribution in [0.15, 0.2) is 65.8 Å². The Morgan fingerprint density at radius 3 is 2.68 bits per heavy atom. The summed E-state index contributed by atoms with van der Waals surface area (Å²) in [7, 11) is 0. The quantitative estimate of drug-likeness (QED) is 0.346.